The molecule has 0 spiro atoms. The third kappa shape index (κ3) is 4.59. The molecular formula is C23H25NO4S. The summed E-state index contributed by atoms with van der Waals surface area (Å²) >= 11 is 1.34. The average Bonchev–Trinajstić information content (AvgIpc) is 3.05. The minimum atomic E-state index is -0.446. The molecule has 0 bridgehead atoms. The Labute approximate surface area is 174 Å². The summed E-state index contributed by atoms with van der Waals surface area (Å²) in [5.74, 6) is 0.122. The predicted molar refractivity (Wildman–Crippen MR) is 117 cm³/mol. The fourth-order valence-corrected chi connectivity index (χ4v) is 4.34. The molecule has 0 aliphatic rings. The molecule has 29 heavy (non-hydrogen) atoms. The molecule has 0 aliphatic carbocycles. The summed E-state index contributed by atoms with van der Waals surface area (Å²) in [4.78, 5) is 24.6. The second kappa shape index (κ2) is 9.09. The van der Waals surface area contributed by atoms with E-state index in [-0.39, 0.29) is 12.5 Å². The zero-order chi connectivity index (χ0) is 21.0. The number of hydrogen-bond acceptors (Lipinski definition) is 5. The molecule has 1 amide bonds. The standard InChI is InChI=1S/C23H25NO4S/c1-5-18(25)24-22-19(23(26)27-6-2)17-11-10-15(4)20(21(17)29-22)28-13-16-9-7-8-14(3)12-16/h7-12H,5-6,13H2,1-4H3,(H,24,25). The van der Waals surface area contributed by atoms with E-state index in [0.717, 1.165) is 27.0 Å². The van der Waals surface area contributed by atoms with Crippen LogP contribution in [0.2, 0.25) is 0 Å². The van der Waals surface area contributed by atoms with Crippen LogP contribution in [-0.4, -0.2) is 18.5 Å². The van der Waals surface area contributed by atoms with Gasteiger partial charge in [-0.15, -0.1) is 11.3 Å². The number of carbonyl (C=O) groups is 2. The fourth-order valence-electron chi connectivity index (χ4n) is 3.08. The maximum Gasteiger partial charge on any atom is 0.341 e. The van der Waals surface area contributed by atoms with Gasteiger partial charge in [0.1, 0.15) is 22.9 Å². The first-order valence-electron chi connectivity index (χ1n) is 9.66. The molecule has 1 aromatic heterocycles. The molecule has 0 saturated carbocycles. The first-order valence-corrected chi connectivity index (χ1v) is 10.5. The second-order valence-electron chi connectivity index (χ2n) is 6.79. The van der Waals surface area contributed by atoms with Gasteiger partial charge in [-0.2, -0.15) is 0 Å². The minimum Gasteiger partial charge on any atom is -0.487 e. The van der Waals surface area contributed by atoms with E-state index in [0.29, 0.717) is 23.6 Å². The molecule has 0 atom stereocenters. The van der Waals surface area contributed by atoms with Gasteiger partial charge in [-0.25, -0.2) is 4.79 Å². The van der Waals surface area contributed by atoms with Gasteiger partial charge in [-0.05, 0) is 31.9 Å². The van der Waals surface area contributed by atoms with Crippen LogP contribution in [0.25, 0.3) is 10.1 Å². The summed E-state index contributed by atoms with van der Waals surface area (Å²) in [6.45, 7) is 8.23. The minimum absolute atomic E-state index is 0.152. The van der Waals surface area contributed by atoms with Crippen molar-refractivity contribution in [1.29, 1.82) is 0 Å². The van der Waals surface area contributed by atoms with Gasteiger partial charge in [0, 0.05) is 11.8 Å². The van der Waals surface area contributed by atoms with Crippen LogP contribution in [-0.2, 0) is 16.1 Å². The summed E-state index contributed by atoms with van der Waals surface area (Å²) < 4.78 is 12.2. The van der Waals surface area contributed by atoms with E-state index in [1.807, 2.05) is 44.2 Å². The van der Waals surface area contributed by atoms with Crippen LogP contribution in [0.1, 0.15) is 47.3 Å². The number of hydrogen-bond donors (Lipinski definition) is 1. The quantitative estimate of drug-likeness (QED) is 0.512. The van der Waals surface area contributed by atoms with Crippen molar-refractivity contribution in [3.63, 3.8) is 0 Å². The van der Waals surface area contributed by atoms with Gasteiger partial charge in [-0.1, -0.05) is 48.9 Å². The van der Waals surface area contributed by atoms with Gasteiger partial charge in [-0.3, -0.25) is 4.79 Å². The van der Waals surface area contributed by atoms with E-state index in [9.17, 15) is 9.59 Å². The summed E-state index contributed by atoms with van der Waals surface area (Å²) in [5, 5.41) is 4.06. The molecule has 1 heterocycles. The summed E-state index contributed by atoms with van der Waals surface area (Å²) in [7, 11) is 0. The highest BCUT2D eigenvalue weighted by Gasteiger charge is 2.24. The fraction of sp³-hybridized carbons (Fsp3) is 0.304. The van der Waals surface area contributed by atoms with Gasteiger partial charge >= 0.3 is 5.97 Å². The molecule has 1 N–H and O–H groups in total. The molecule has 152 valence electrons. The van der Waals surface area contributed by atoms with E-state index in [4.69, 9.17) is 9.47 Å². The SMILES string of the molecule is CCOC(=O)c1c(NC(=O)CC)sc2c(OCc3cccc(C)c3)c(C)ccc12. The average molecular weight is 412 g/mol. The van der Waals surface area contributed by atoms with Crippen molar-refractivity contribution in [2.75, 3.05) is 11.9 Å². The number of esters is 1. The number of rotatable bonds is 7. The zero-order valence-electron chi connectivity index (χ0n) is 17.1. The van der Waals surface area contributed by atoms with Crippen molar-refractivity contribution in [1.82, 2.24) is 0 Å². The van der Waals surface area contributed by atoms with E-state index >= 15 is 0 Å². The topological polar surface area (TPSA) is 64.6 Å². The van der Waals surface area contributed by atoms with E-state index in [2.05, 4.69) is 11.4 Å². The van der Waals surface area contributed by atoms with Gasteiger partial charge < -0.3 is 14.8 Å². The number of carbonyl (C=O) groups excluding carboxylic acids is 2. The van der Waals surface area contributed by atoms with Gasteiger partial charge in [0.2, 0.25) is 5.91 Å². The Morgan fingerprint density at radius 1 is 1.10 bits per heavy atom. The smallest absolute Gasteiger partial charge is 0.341 e. The summed E-state index contributed by atoms with van der Waals surface area (Å²) in [5.41, 5.74) is 3.60. The molecule has 2 aromatic carbocycles. The number of benzene rings is 2. The van der Waals surface area contributed by atoms with Crippen LogP contribution < -0.4 is 10.1 Å². The third-order valence-electron chi connectivity index (χ3n) is 4.53. The molecule has 0 radical (unpaired) electrons. The van der Waals surface area contributed by atoms with Crippen molar-refractivity contribution in [3.8, 4) is 5.75 Å². The van der Waals surface area contributed by atoms with Gasteiger partial charge in [0.25, 0.3) is 0 Å². The molecular weight excluding hydrogens is 386 g/mol. The Bertz CT molecular complexity index is 1050. The molecule has 0 saturated heterocycles. The van der Waals surface area contributed by atoms with Crippen LogP contribution in [0, 0.1) is 13.8 Å². The first kappa shape index (κ1) is 20.9. The molecule has 0 aliphatic heterocycles. The van der Waals surface area contributed by atoms with Crippen molar-refractivity contribution < 1.29 is 19.1 Å². The lowest BCUT2D eigenvalue weighted by molar-refractivity contribution is -0.115. The molecule has 3 rings (SSSR count). The van der Waals surface area contributed by atoms with Gasteiger partial charge in [0.05, 0.1) is 11.3 Å². The number of nitrogens with one attached hydrogen (secondary N) is 1. The number of fused-ring (bicyclic) bond motifs is 1. The Balaban J connectivity index is 2.05. The van der Waals surface area contributed by atoms with Crippen LogP contribution in [0.3, 0.4) is 0 Å². The monoisotopic (exact) mass is 411 g/mol. The highest BCUT2D eigenvalue weighted by Crippen LogP contribution is 2.43. The predicted octanol–water partition coefficient (Wildman–Crippen LogP) is 5.62. The van der Waals surface area contributed by atoms with E-state index < -0.39 is 5.97 Å². The maximum absolute atomic E-state index is 12.6. The Morgan fingerprint density at radius 2 is 1.90 bits per heavy atom. The summed E-state index contributed by atoms with van der Waals surface area (Å²) in [6.07, 6.45) is 0.326. The number of ether oxygens (including phenoxy) is 2. The molecule has 6 heteroatoms. The van der Waals surface area contributed by atoms with Crippen LogP contribution in [0.5, 0.6) is 5.75 Å². The van der Waals surface area contributed by atoms with Crippen molar-refractivity contribution in [2.45, 2.75) is 40.7 Å². The molecule has 0 unspecified atom stereocenters. The highest BCUT2D eigenvalue weighted by atomic mass is 32.1. The number of anilines is 1. The summed E-state index contributed by atoms with van der Waals surface area (Å²) in [6, 6.07) is 12.0. The number of aryl methyl sites for hydroxylation is 2. The van der Waals surface area contributed by atoms with Crippen molar-refractivity contribution in [2.24, 2.45) is 0 Å². The molecule has 0 fully saturated rings. The molecule has 3 aromatic rings. The molecule has 5 nitrogen and oxygen atoms in total. The Kier molecular flexibility index (Phi) is 6.54. The van der Waals surface area contributed by atoms with E-state index in [1.165, 1.54) is 16.9 Å². The highest BCUT2D eigenvalue weighted by molar-refractivity contribution is 7.24. The Hall–Kier alpha value is -2.86. The van der Waals surface area contributed by atoms with Crippen molar-refractivity contribution >= 4 is 38.3 Å². The lowest BCUT2D eigenvalue weighted by Gasteiger charge is -2.11. The van der Waals surface area contributed by atoms with E-state index in [1.54, 1.807) is 13.8 Å². The van der Waals surface area contributed by atoms with Crippen LogP contribution in [0.4, 0.5) is 5.00 Å². The maximum atomic E-state index is 12.6. The zero-order valence-corrected chi connectivity index (χ0v) is 17.9. The van der Waals surface area contributed by atoms with Crippen molar-refractivity contribution in [3.05, 3.63) is 58.7 Å². The van der Waals surface area contributed by atoms with Crippen LogP contribution >= 0.6 is 11.3 Å². The normalized spacial score (nSPS) is 10.8. The number of amides is 1. The largest absolute Gasteiger partial charge is 0.487 e. The van der Waals surface area contributed by atoms with Gasteiger partial charge in [0.15, 0.2) is 0 Å². The second-order valence-corrected chi connectivity index (χ2v) is 7.82. The lowest BCUT2D eigenvalue weighted by Crippen LogP contribution is -2.12. The third-order valence-corrected chi connectivity index (χ3v) is 5.65. The van der Waals surface area contributed by atoms with Crippen LogP contribution in [0.15, 0.2) is 36.4 Å². The Morgan fingerprint density at radius 3 is 2.59 bits per heavy atom. The number of thiophene rings is 1. The first-order chi connectivity index (χ1) is 13.9. The lowest BCUT2D eigenvalue weighted by atomic mass is 10.1.